The van der Waals surface area contributed by atoms with Crippen LogP contribution in [0.4, 0.5) is 0 Å². The molecule has 0 radical (unpaired) electrons. The van der Waals surface area contributed by atoms with E-state index in [1.807, 2.05) is 18.0 Å². The van der Waals surface area contributed by atoms with E-state index in [-0.39, 0.29) is 36.8 Å². The number of halogens is 2. The van der Waals surface area contributed by atoms with Crippen LogP contribution in [0.2, 0.25) is 0 Å². The highest BCUT2D eigenvalue weighted by atomic mass is 35.5. The number of aryl methyl sites for hydroxylation is 1. The first-order chi connectivity index (χ1) is 8.61. The van der Waals surface area contributed by atoms with Gasteiger partial charge in [-0.3, -0.25) is 9.78 Å². The minimum atomic E-state index is -0.353. The van der Waals surface area contributed by atoms with Crippen LogP contribution in [0.1, 0.15) is 43.0 Å². The van der Waals surface area contributed by atoms with Crippen molar-refractivity contribution >= 4 is 30.7 Å². The number of carbonyl (C=O) groups is 1. The molecule has 20 heavy (non-hydrogen) atoms. The number of carbonyl (C=O) groups excluding carboxylic acids is 1. The van der Waals surface area contributed by atoms with Crippen molar-refractivity contribution in [1.29, 1.82) is 0 Å². The molecular formula is C14H23Cl2N3O. The molecule has 1 aliphatic rings. The summed E-state index contributed by atoms with van der Waals surface area (Å²) in [5, 5.41) is 0. The highest BCUT2D eigenvalue weighted by Gasteiger charge is 2.26. The Morgan fingerprint density at radius 1 is 1.40 bits per heavy atom. The van der Waals surface area contributed by atoms with Crippen molar-refractivity contribution in [3.8, 4) is 0 Å². The van der Waals surface area contributed by atoms with Crippen molar-refractivity contribution < 1.29 is 4.79 Å². The Labute approximate surface area is 132 Å². The molecule has 2 N–H and O–H groups in total. The van der Waals surface area contributed by atoms with Crippen LogP contribution < -0.4 is 5.73 Å². The average Bonchev–Trinajstić information content (AvgIpc) is 2.77. The maximum Gasteiger partial charge on any atom is 0.240 e. The van der Waals surface area contributed by atoms with Gasteiger partial charge in [-0.15, -0.1) is 24.8 Å². The zero-order chi connectivity index (χ0) is 13.1. The zero-order valence-electron chi connectivity index (χ0n) is 12.0. The van der Waals surface area contributed by atoms with Gasteiger partial charge in [-0.25, -0.2) is 0 Å². The number of hydrogen-bond acceptors (Lipinski definition) is 3. The number of aromatic nitrogens is 1. The lowest BCUT2D eigenvalue weighted by molar-refractivity contribution is -0.133. The Morgan fingerprint density at radius 3 is 2.70 bits per heavy atom. The van der Waals surface area contributed by atoms with E-state index in [0.717, 1.165) is 30.5 Å². The summed E-state index contributed by atoms with van der Waals surface area (Å²) in [7, 11) is 0. The van der Waals surface area contributed by atoms with E-state index in [9.17, 15) is 4.79 Å². The molecule has 1 aromatic heterocycles. The maximum absolute atomic E-state index is 12.2. The van der Waals surface area contributed by atoms with Crippen molar-refractivity contribution in [2.75, 3.05) is 0 Å². The quantitative estimate of drug-likeness (QED) is 0.928. The lowest BCUT2D eigenvalue weighted by Crippen LogP contribution is -2.41. The standard InChI is InChI=1S/C14H21N3O.2ClH/c1-3-4-5-13(15)14(18)17-8-11-6-10(2)16-7-12(11)9-17;;/h6-7,13H,3-5,8-9,15H2,1-2H3;2*1H/t13-;;/m0../s1. The third-order valence-electron chi connectivity index (χ3n) is 3.44. The summed E-state index contributed by atoms with van der Waals surface area (Å²) >= 11 is 0. The van der Waals surface area contributed by atoms with Crippen LogP contribution >= 0.6 is 24.8 Å². The smallest absolute Gasteiger partial charge is 0.240 e. The van der Waals surface area contributed by atoms with E-state index >= 15 is 0 Å². The van der Waals surface area contributed by atoms with Crippen LogP contribution in [0.3, 0.4) is 0 Å². The second kappa shape index (κ2) is 8.45. The minimum absolute atomic E-state index is 0. The molecule has 114 valence electrons. The van der Waals surface area contributed by atoms with E-state index in [2.05, 4.69) is 18.0 Å². The predicted molar refractivity (Wildman–Crippen MR) is 85.2 cm³/mol. The first-order valence-electron chi connectivity index (χ1n) is 6.60. The Hall–Kier alpha value is -0.840. The van der Waals surface area contributed by atoms with Crippen molar-refractivity contribution in [1.82, 2.24) is 9.88 Å². The molecule has 2 heterocycles. The first-order valence-corrected chi connectivity index (χ1v) is 6.60. The van der Waals surface area contributed by atoms with Gasteiger partial charge in [0.25, 0.3) is 0 Å². The number of hydrogen-bond donors (Lipinski definition) is 1. The van der Waals surface area contributed by atoms with Crippen molar-refractivity contribution in [2.24, 2.45) is 5.73 Å². The molecule has 4 nitrogen and oxygen atoms in total. The highest BCUT2D eigenvalue weighted by Crippen LogP contribution is 2.23. The lowest BCUT2D eigenvalue weighted by atomic mass is 10.1. The van der Waals surface area contributed by atoms with Gasteiger partial charge < -0.3 is 10.6 Å². The van der Waals surface area contributed by atoms with Gasteiger partial charge in [0.2, 0.25) is 5.91 Å². The Bertz CT molecular complexity index is 454. The fourth-order valence-corrected chi connectivity index (χ4v) is 2.34. The molecule has 0 bridgehead atoms. The molecule has 1 aromatic rings. The van der Waals surface area contributed by atoms with Crippen molar-refractivity contribution in [3.05, 3.63) is 29.1 Å². The van der Waals surface area contributed by atoms with Gasteiger partial charge in [0.1, 0.15) is 0 Å². The largest absolute Gasteiger partial charge is 0.333 e. The van der Waals surface area contributed by atoms with Gasteiger partial charge in [0.15, 0.2) is 0 Å². The summed E-state index contributed by atoms with van der Waals surface area (Å²) in [5.74, 6) is 0.0669. The number of unbranched alkanes of at least 4 members (excludes halogenated alkanes) is 1. The molecule has 0 unspecified atom stereocenters. The van der Waals surface area contributed by atoms with Crippen LogP contribution in [0.25, 0.3) is 0 Å². The van der Waals surface area contributed by atoms with E-state index in [4.69, 9.17) is 5.73 Å². The Morgan fingerprint density at radius 2 is 2.05 bits per heavy atom. The molecule has 1 amide bonds. The van der Waals surface area contributed by atoms with Crippen LogP contribution in [0.5, 0.6) is 0 Å². The summed E-state index contributed by atoms with van der Waals surface area (Å²) in [6.45, 7) is 5.41. The molecule has 0 aliphatic carbocycles. The molecule has 0 fully saturated rings. The number of amides is 1. The Kier molecular flexibility index (Phi) is 8.09. The van der Waals surface area contributed by atoms with Gasteiger partial charge in [-0.2, -0.15) is 0 Å². The van der Waals surface area contributed by atoms with Gasteiger partial charge in [0, 0.05) is 25.0 Å². The van der Waals surface area contributed by atoms with Crippen molar-refractivity contribution in [3.63, 3.8) is 0 Å². The van der Waals surface area contributed by atoms with E-state index in [1.54, 1.807) is 0 Å². The first kappa shape index (κ1) is 19.2. The molecule has 0 saturated carbocycles. The number of fused-ring (bicyclic) bond motifs is 1. The SMILES string of the molecule is CCCC[C@H](N)C(=O)N1Cc2cnc(C)cc2C1.Cl.Cl. The second-order valence-electron chi connectivity index (χ2n) is 5.04. The van der Waals surface area contributed by atoms with Crippen LogP contribution in [-0.4, -0.2) is 21.8 Å². The molecule has 6 heteroatoms. The molecule has 2 rings (SSSR count). The number of nitrogens with two attached hydrogens (primary N) is 1. The monoisotopic (exact) mass is 319 g/mol. The van der Waals surface area contributed by atoms with Gasteiger partial charge in [-0.05, 0) is 30.5 Å². The molecule has 0 spiro atoms. The minimum Gasteiger partial charge on any atom is -0.333 e. The summed E-state index contributed by atoms with van der Waals surface area (Å²) < 4.78 is 0. The lowest BCUT2D eigenvalue weighted by Gasteiger charge is -2.20. The van der Waals surface area contributed by atoms with E-state index in [0.29, 0.717) is 13.1 Å². The molecule has 0 aromatic carbocycles. The predicted octanol–water partition coefficient (Wildman–Crippen LogP) is 2.59. The van der Waals surface area contributed by atoms with Crippen LogP contribution in [-0.2, 0) is 17.9 Å². The highest BCUT2D eigenvalue weighted by molar-refractivity contribution is 5.85. The third-order valence-corrected chi connectivity index (χ3v) is 3.44. The fraction of sp³-hybridized carbons (Fsp3) is 0.571. The van der Waals surface area contributed by atoms with Gasteiger partial charge in [-0.1, -0.05) is 19.8 Å². The fourth-order valence-electron chi connectivity index (χ4n) is 2.34. The normalized spacial score (nSPS) is 14.1. The van der Waals surface area contributed by atoms with Crippen molar-refractivity contribution in [2.45, 2.75) is 52.2 Å². The number of pyridine rings is 1. The number of rotatable bonds is 4. The van der Waals surface area contributed by atoms with E-state index in [1.165, 1.54) is 5.56 Å². The molecule has 0 saturated heterocycles. The molecule has 1 aliphatic heterocycles. The summed E-state index contributed by atoms with van der Waals surface area (Å²) in [6.07, 6.45) is 4.73. The van der Waals surface area contributed by atoms with E-state index < -0.39 is 0 Å². The zero-order valence-corrected chi connectivity index (χ0v) is 13.6. The second-order valence-corrected chi connectivity index (χ2v) is 5.04. The number of nitrogens with zero attached hydrogens (tertiary/aromatic N) is 2. The summed E-state index contributed by atoms with van der Waals surface area (Å²) in [4.78, 5) is 18.3. The molecule has 1 atom stereocenters. The van der Waals surface area contributed by atoms with Crippen LogP contribution in [0.15, 0.2) is 12.3 Å². The summed E-state index contributed by atoms with van der Waals surface area (Å²) in [5.41, 5.74) is 9.30. The molecular weight excluding hydrogens is 297 g/mol. The maximum atomic E-state index is 12.2. The summed E-state index contributed by atoms with van der Waals surface area (Å²) in [6, 6.07) is 1.70. The third kappa shape index (κ3) is 4.33. The Balaban J connectivity index is 0.00000180. The van der Waals surface area contributed by atoms with Gasteiger partial charge >= 0.3 is 0 Å². The van der Waals surface area contributed by atoms with Crippen LogP contribution in [0, 0.1) is 6.92 Å². The topological polar surface area (TPSA) is 59.2 Å². The average molecular weight is 320 g/mol. The van der Waals surface area contributed by atoms with Gasteiger partial charge in [0.05, 0.1) is 6.04 Å².